The largest absolute Gasteiger partial charge is 0.329 e. The summed E-state index contributed by atoms with van der Waals surface area (Å²) in [5.74, 6) is 2.59. The molecule has 0 heterocycles. The first-order valence-electron chi connectivity index (χ1n) is 8.07. The van der Waals surface area contributed by atoms with Gasteiger partial charge in [-0.15, -0.1) is 0 Å². The molecule has 0 spiro atoms. The van der Waals surface area contributed by atoms with Crippen LogP contribution in [-0.2, 0) is 0 Å². The number of nitrogens with zero attached hydrogens (tertiary/aromatic N) is 1. The van der Waals surface area contributed by atoms with E-state index in [1.165, 1.54) is 51.6 Å². The van der Waals surface area contributed by atoms with Gasteiger partial charge < -0.3 is 5.73 Å². The first-order valence-corrected chi connectivity index (χ1v) is 8.07. The molecule has 106 valence electrons. The highest BCUT2D eigenvalue weighted by Crippen LogP contribution is 2.42. The predicted octanol–water partition coefficient (Wildman–Crippen LogP) is 3.26. The Hall–Kier alpha value is -0.0800. The Bertz CT molecular complexity index is 262. The van der Waals surface area contributed by atoms with Crippen molar-refractivity contribution in [3.05, 3.63) is 0 Å². The van der Waals surface area contributed by atoms with E-state index in [1.54, 1.807) is 0 Å². The molecule has 2 rings (SSSR count). The van der Waals surface area contributed by atoms with Crippen molar-refractivity contribution in [3.63, 3.8) is 0 Å². The normalized spacial score (nSPS) is 37.2. The molecule has 0 bridgehead atoms. The fourth-order valence-corrected chi connectivity index (χ4v) is 3.94. The minimum absolute atomic E-state index is 0.302. The zero-order valence-corrected chi connectivity index (χ0v) is 12.6. The lowest BCUT2D eigenvalue weighted by atomic mass is 9.68. The molecule has 2 nitrogen and oxygen atoms in total. The van der Waals surface area contributed by atoms with E-state index >= 15 is 0 Å². The van der Waals surface area contributed by atoms with Crippen LogP contribution in [0.1, 0.15) is 59.3 Å². The highest BCUT2D eigenvalue weighted by atomic mass is 15.2. The van der Waals surface area contributed by atoms with Crippen LogP contribution in [0.5, 0.6) is 0 Å². The van der Waals surface area contributed by atoms with Crippen LogP contribution in [0.3, 0.4) is 0 Å². The van der Waals surface area contributed by atoms with Crippen molar-refractivity contribution < 1.29 is 0 Å². The first-order chi connectivity index (χ1) is 8.62. The summed E-state index contributed by atoms with van der Waals surface area (Å²) in [6.07, 6.45) is 8.23. The second-order valence-electron chi connectivity index (χ2n) is 6.98. The van der Waals surface area contributed by atoms with Gasteiger partial charge in [0.15, 0.2) is 0 Å². The third-order valence-corrected chi connectivity index (χ3v) is 5.36. The van der Waals surface area contributed by atoms with Crippen molar-refractivity contribution in [1.82, 2.24) is 4.90 Å². The molecule has 0 amide bonds. The van der Waals surface area contributed by atoms with Crippen LogP contribution < -0.4 is 5.73 Å². The van der Waals surface area contributed by atoms with Gasteiger partial charge in [-0.1, -0.05) is 27.2 Å². The number of hydrogen-bond donors (Lipinski definition) is 1. The van der Waals surface area contributed by atoms with Crippen LogP contribution >= 0.6 is 0 Å². The molecule has 0 saturated heterocycles. The van der Waals surface area contributed by atoms with E-state index in [2.05, 4.69) is 25.7 Å². The minimum atomic E-state index is 0.302. The molecule has 3 atom stereocenters. The van der Waals surface area contributed by atoms with Gasteiger partial charge in [-0.3, -0.25) is 4.90 Å². The van der Waals surface area contributed by atoms with Gasteiger partial charge >= 0.3 is 0 Å². The molecule has 0 aliphatic heterocycles. The first kappa shape index (κ1) is 14.3. The van der Waals surface area contributed by atoms with E-state index in [0.717, 1.165) is 24.3 Å². The Balaban J connectivity index is 2.13. The standard InChI is InChI=1S/C16H32N2/c1-4-9-18(11-15-7-8-15)16(12-17)10-13(2)5-6-14(16)3/h13-15H,4-12,17H2,1-3H3. The molecule has 2 fully saturated rings. The average Bonchev–Trinajstić information content (AvgIpc) is 3.16. The van der Waals surface area contributed by atoms with Crippen LogP contribution in [0.4, 0.5) is 0 Å². The summed E-state index contributed by atoms with van der Waals surface area (Å²) >= 11 is 0. The van der Waals surface area contributed by atoms with Crippen LogP contribution in [0, 0.1) is 17.8 Å². The smallest absolute Gasteiger partial charge is 0.0359 e. The van der Waals surface area contributed by atoms with Gasteiger partial charge in [-0.05, 0) is 56.4 Å². The zero-order chi connectivity index (χ0) is 13.2. The maximum atomic E-state index is 6.28. The van der Waals surface area contributed by atoms with Crippen molar-refractivity contribution in [2.45, 2.75) is 64.8 Å². The Morgan fingerprint density at radius 3 is 2.44 bits per heavy atom. The summed E-state index contributed by atoms with van der Waals surface area (Å²) in [4.78, 5) is 2.78. The van der Waals surface area contributed by atoms with Crippen LogP contribution in [-0.4, -0.2) is 30.1 Å². The van der Waals surface area contributed by atoms with E-state index in [-0.39, 0.29) is 0 Å². The third-order valence-electron chi connectivity index (χ3n) is 5.36. The predicted molar refractivity (Wildman–Crippen MR) is 78.6 cm³/mol. The Morgan fingerprint density at radius 2 is 1.89 bits per heavy atom. The summed E-state index contributed by atoms with van der Waals surface area (Å²) in [5, 5.41) is 0. The SMILES string of the molecule is CCCN(CC1CC1)C1(CN)CC(C)CCC1C. The Morgan fingerprint density at radius 1 is 1.17 bits per heavy atom. The molecule has 2 aliphatic rings. The molecule has 2 N–H and O–H groups in total. The molecule has 0 radical (unpaired) electrons. The minimum Gasteiger partial charge on any atom is -0.329 e. The number of rotatable bonds is 6. The molecule has 18 heavy (non-hydrogen) atoms. The van der Waals surface area contributed by atoms with Gasteiger partial charge in [0, 0.05) is 18.6 Å². The second kappa shape index (κ2) is 5.92. The Labute approximate surface area is 113 Å². The fourth-order valence-electron chi connectivity index (χ4n) is 3.94. The van der Waals surface area contributed by atoms with Crippen LogP contribution in [0.2, 0.25) is 0 Å². The maximum Gasteiger partial charge on any atom is 0.0359 e. The monoisotopic (exact) mass is 252 g/mol. The van der Waals surface area contributed by atoms with E-state index in [1.807, 2.05) is 0 Å². The summed E-state index contributed by atoms with van der Waals surface area (Å²) in [6, 6.07) is 0. The molecule has 0 aromatic carbocycles. The van der Waals surface area contributed by atoms with E-state index in [4.69, 9.17) is 5.73 Å². The van der Waals surface area contributed by atoms with Crippen LogP contribution in [0.25, 0.3) is 0 Å². The fraction of sp³-hybridized carbons (Fsp3) is 1.00. The van der Waals surface area contributed by atoms with Gasteiger partial charge in [-0.2, -0.15) is 0 Å². The summed E-state index contributed by atoms with van der Waals surface area (Å²) < 4.78 is 0. The molecule has 2 heteroatoms. The van der Waals surface area contributed by atoms with Gasteiger partial charge in [-0.25, -0.2) is 0 Å². The van der Waals surface area contributed by atoms with Gasteiger partial charge in [0.25, 0.3) is 0 Å². The van der Waals surface area contributed by atoms with Gasteiger partial charge in [0.1, 0.15) is 0 Å². The molecule has 0 aromatic heterocycles. The van der Waals surface area contributed by atoms with E-state index in [9.17, 15) is 0 Å². The lowest BCUT2D eigenvalue weighted by Gasteiger charge is -2.52. The maximum absolute atomic E-state index is 6.28. The Kier molecular flexibility index (Phi) is 4.71. The molecule has 2 saturated carbocycles. The van der Waals surface area contributed by atoms with E-state index < -0.39 is 0 Å². The topological polar surface area (TPSA) is 29.3 Å². The lowest BCUT2D eigenvalue weighted by molar-refractivity contribution is -0.00707. The molecular weight excluding hydrogens is 220 g/mol. The second-order valence-corrected chi connectivity index (χ2v) is 6.98. The van der Waals surface area contributed by atoms with Crippen molar-refractivity contribution in [2.75, 3.05) is 19.6 Å². The van der Waals surface area contributed by atoms with Gasteiger partial charge in [0.05, 0.1) is 0 Å². The van der Waals surface area contributed by atoms with Crippen molar-refractivity contribution in [3.8, 4) is 0 Å². The van der Waals surface area contributed by atoms with Crippen LogP contribution in [0.15, 0.2) is 0 Å². The summed E-state index contributed by atoms with van der Waals surface area (Å²) in [7, 11) is 0. The average molecular weight is 252 g/mol. The quantitative estimate of drug-likeness (QED) is 0.786. The van der Waals surface area contributed by atoms with Crippen molar-refractivity contribution >= 4 is 0 Å². The summed E-state index contributed by atoms with van der Waals surface area (Å²) in [5.41, 5.74) is 6.58. The molecular formula is C16H32N2. The molecule has 0 aromatic rings. The van der Waals surface area contributed by atoms with Crippen molar-refractivity contribution in [2.24, 2.45) is 23.5 Å². The molecule has 3 unspecified atom stereocenters. The van der Waals surface area contributed by atoms with Crippen molar-refractivity contribution in [1.29, 1.82) is 0 Å². The lowest BCUT2D eigenvalue weighted by Crippen LogP contribution is -2.61. The van der Waals surface area contributed by atoms with E-state index in [0.29, 0.717) is 5.54 Å². The number of nitrogens with two attached hydrogens (primary N) is 1. The van der Waals surface area contributed by atoms with Gasteiger partial charge in [0.2, 0.25) is 0 Å². The highest BCUT2D eigenvalue weighted by Gasteiger charge is 2.45. The number of hydrogen-bond acceptors (Lipinski definition) is 2. The molecule has 2 aliphatic carbocycles. The third kappa shape index (κ3) is 2.91. The zero-order valence-electron chi connectivity index (χ0n) is 12.6. The summed E-state index contributed by atoms with van der Waals surface area (Å²) in [6.45, 7) is 10.6. The highest BCUT2D eigenvalue weighted by molar-refractivity contribution is 5.01.